The number of hydrogen-bond donors (Lipinski definition) is 0. The zero-order valence-electron chi connectivity index (χ0n) is 18.3. The van der Waals surface area contributed by atoms with Gasteiger partial charge in [-0.25, -0.2) is 9.97 Å². The average molecular weight is 411 g/mol. The van der Waals surface area contributed by atoms with Crippen LogP contribution in [0.2, 0.25) is 0 Å². The number of aromatic nitrogens is 5. The quantitative estimate of drug-likeness (QED) is 0.598. The summed E-state index contributed by atoms with van der Waals surface area (Å²) >= 11 is 0. The van der Waals surface area contributed by atoms with Crippen LogP contribution in [-0.2, 0) is 18.3 Å². The SMILES string of the molecule is COCCN(Cc1c(C)nn(C)c1C)C(=O)c1cnc2c(c1)ncn2C1CCCC1. The molecule has 1 amide bonds. The van der Waals surface area contributed by atoms with Crippen LogP contribution in [0.3, 0.4) is 0 Å². The summed E-state index contributed by atoms with van der Waals surface area (Å²) in [6.07, 6.45) is 8.39. The number of nitrogens with zero attached hydrogens (tertiary/aromatic N) is 6. The molecule has 8 nitrogen and oxygen atoms in total. The van der Waals surface area contributed by atoms with Gasteiger partial charge < -0.3 is 14.2 Å². The van der Waals surface area contributed by atoms with Gasteiger partial charge in [0.05, 0.1) is 24.2 Å². The minimum Gasteiger partial charge on any atom is -0.383 e. The predicted octanol–water partition coefficient (Wildman–Crippen LogP) is 3.19. The number of ether oxygens (including phenoxy) is 1. The molecule has 0 aromatic carbocycles. The van der Waals surface area contributed by atoms with Crippen molar-refractivity contribution in [3.8, 4) is 0 Å². The molecule has 0 aliphatic heterocycles. The number of aryl methyl sites for hydroxylation is 2. The van der Waals surface area contributed by atoms with E-state index < -0.39 is 0 Å². The minimum absolute atomic E-state index is 0.0699. The van der Waals surface area contributed by atoms with E-state index in [4.69, 9.17) is 4.74 Å². The molecule has 3 aromatic rings. The fourth-order valence-electron chi connectivity index (χ4n) is 4.36. The maximum absolute atomic E-state index is 13.4. The van der Waals surface area contributed by atoms with Gasteiger partial charge >= 0.3 is 0 Å². The molecule has 0 saturated heterocycles. The lowest BCUT2D eigenvalue weighted by Crippen LogP contribution is -2.34. The number of carbonyl (C=O) groups excluding carboxylic acids is 1. The molecule has 3 heterocycles. The maximum atomic E-state index is 13.4. The van der Waals surface area contributed by atoms with Crippen molar-refractivity contribution < 1.29 is 9.53 Å². The summed E-state index contributed by atoms with van der Waals surface area (Å²) in [7, 11) is 3.57. The molecule has 3 aromatic heterocycles. The number of amides is 1. The Morgan fingerprint density at radius 2 is 2.03 bits per heavy atom. The third-order valence-electron chi connectivity index (χ3n) is 6.24. The lowest BCUT2D eigenvalue weighted by molar-refractivity contribution is 0.0679. The Hall–Kier alpha value is -2.74. The van der Waals surface area contributed by atoms with Gasteiger partial charge in [-0.3, -0.25) is 9.48 Å². The van der Waals surface area contributed by atoms with Crippen LogP contribution < -0.4 is 0 Å². The van der Waals surface area contributed by atoms with Crippen molar-refractivity contribution in [1.29, 1.82) is 0 Å². The van der Waals surface area contributed by atoms with Crippen LogP contribution >= 0.6 is 0 Å². The zero-order valence-corrected chi connectivity index (χ0v) is 18.3. The fraction of sp³-hybridized carbons (Fsp3) is 0.545. The summed E-state index contributed by atoms with van der Waals surface area (Å²) < 4.78 is 9.27. The number of pyridine rings is 1. The van der Waals surface area contributed by atoms with Gasteiger partial charge in [0.1, 0.15) is 5.52 Å². The highest BCUT2D eigenvalue weighted by Gasteiger charge is 2.23. The van der Waals surface area contributed by atoms with Crippen LogP contribution in [0, 0.1) is 13.8 Å². The van der Waals surface area contributed by atoms with Crippen molar-refractivity contribution in [3.63, 3.8) is 0 Å². The Labute approximate surface area is 176 Å². The number of carbonyl (C=O) groups is 1. The van der Waals surface area contributed by atoms with Crippen molar-refractivity contribution in [1.82, 2.24) is 29.2 Å². The predicted molar refractivity (Wildman–Crippen MR) is 114 cm³/mol. The van der Waals surface area contributed by atoms with Gasteiger partial charge in [-0.05, 0) is 32.8 Å². The topological polar surface area (TPSA) is 78.1 Å². The third-order valence-corrected chi connectivity index (χ3v) is 6.24. The fourth-order valence-corrected chi connectivity index (χ4v) is 4.36. The largest absolute Gasteiger partial charge is 0.383 e. The smallest absolute Gasteiger partial charge is 0.255 e. The zero-order chi connectivity index (χ0) is 21.3. The van der Waals surface area contributed by atoms with Crippen LogP contribution in [0.1, 0.15) is 59.0 Å². The second-order valence-electron chi connectivity index (χ2n) is 8.15. The Morgan fingerprint density at radius 1 is 1.27 bits per heavy atom. The summed E-state index contributed by atoms with van der Waals surface area (Å²) in [4.78, 5) is 24.3. The molecule has 1 saturated carbocycles. The first kappa shape index (κ1) is 20.5. The molecule has 8 heteroatoms. The summed E-state index contributed by atoms with van der Waals surface area (Å²) in [5.41, 5.74) is 5.26. The number of hydrogen-bond acceptors (Lipinski definition) is 5. The van der Waals surface area contributed by atoms with Crippen LogP contribution in [-0.4, -0.2) is 55.4 Å². The number of imidazole rings is 1. The molecule has 0 radical (unpaired) electrons. The molecule has 1 aliphatic rings. The van der Waals surface area contributed by atoms with E-state index in [2.05, 4.69) is 19.6 Å². The van der Waals surface area contributed by atoms with Gasteiger partial charge in [0, 0.05) is 50.7 Å². The Balaban J connectivity index is 1.61. The lowest BCUT2D eigenvalue weighted by atomic mass is 10.1. The normalized spacial score (nSPS) is 14.7. The molecule has 4 rings (SSSR count). The van der Waals surface area contributed by atoms with Gasteiger partial charge in [-0.15, -0.1) is 0 Å². The molecule has 0 N–H and O–H groups in total. The molecule has 30 heavy (non-hydrogen) atoms. The van der Waals surface area contributed by atoms with Crippen LogP contribution in [0.4, 0.5) is 0 Å². The van der Waals surface area contributed by atoms with Crippen molar-refractivity contribution in [3.05, 3.63) is 41.1 Å². The van der Waals surface area contributed by atoms with Crippen molar-refractivity contribution in [2.24, 2.45) is 7.05 Å². The van der Waals surface area contributed by atoms with Gasteiger partial charge in [-0.2, -0.15) is 5.10 Å². The molecule has 0 bridgehead atoms. The van der Waals surface area contributed by atoms with Crippen molar-refractivity contribution in [2.75, 3.05) is 20.3 Å². The highest BCUT2D eigenvalue weighted by molar-refractivity contribution is 5.96. The minimum atomic E-state index is -0.0699. The monoisotopic (exact) mass is 410 g/mol. The van der Waals surface area contributed by atoms with E-state index in [1.807, 2.05) is 38.0 Å². The van der Waals surface area contributed by atoms with E-state index in [0.29, 0.717) is 31.3 Å². The van der Waals surface area contributed by atoms with Gasteiger partial charge in [0.25, 0.3) is 5.91 Å². The molecule has 0 atom stereocenters. The summed E-state index contributed by atoms with van der Waals surface area (Å²) in [6, 6.07) is 2.33. The Bertz CT molecular complexity index is 1050. The first-order chi connectivity index (χ1) is 14.5. The summed E-state index contributed by atoms with van der Waals surface area (Å²) in [5, 5.41) is 4.48. The first-order valence-electron chi connectivity index (χ1n) is 10.6. The molecule has 1 fully saturated rings. The number of rotatable bonds is 7. The lowest BCUT2D eigenvalue weighted by Gasteiger charge is -2.23. The highest BCUT2D eigenvalue weighted by Crippen LogP contribution is 2.31. The maximum Gasteiger partial charge on any atom is 0.255 e. The molecule has 0 unspecified atom stereocenters. The Kier molecular flexibility index (Phi) is 5.85. The number of methoxy groups -OCH3 is 1. The molecule has 0 spiro atoms. The van der Waals surface area contributed by atoms with Crippen LogP contribution in [0.25, 0.3) is 11.2 Å². The average Bonchev–Trinajstić information content (AvgIpc) is 3.46. The van der Waals surface area contributed by atoms with E-state index >= 15 is 0 Å². The number of fused-ring (bicyclic) bond motifs is 1. The van der Waals surface area contributed by atoms with Crippen LogP contribution in [0.15, 0.2) is 18.6 Å². The van der Waals surface area contributed by atoms with E-state index in [0.717, 1.165) is 28.1 Å². The van der Waals surface area contributed by atoms with Gasteiger partial charge in [0.2, 0.25) is 0 Å². The first-order valence-corrected chi connectivity index (χ1v) is 10.6. The highest BCUT2D eigenvalue weighted by atomic mass is 16.5. The van der Waals surface area contributed by atoms with E-state index in [1.165, 1.54) is 25.7 Å². The van der Waals surface area contributed by atoms with Crippen molar-refractivity contribution >= 4 is 17.1 Å². The second-order valence-corrected chi connectivity index (χ2v) is 8.15. The summed E-state index contributed by atoms with van der Waals surface area (Å²) in [6.45, 7) is 5.46. The second kappa shape index (κ2) is 8.55. The van der Waals surface area contributed by atoms with E-state index in [-0.39, 0.29) is 5.91 Å². The molecule has 1 aliphatic carbocycles. The molecule has 160 valence electrons. The van der Waals surface area contributed by atoms with E-state index in [9.17, 15) is 4.79 Å². The van der Waals surface area contributed by atoms with Gasteiger partial charge in [-0.1, -0.05) is 12.8 Å². The third kappa shape index (κ3) is 3.84. The standard InChI is InChI=1S/C22H30N6O2/c1-15-19(16(2)26(3)25-15)13-27(9-10-30-4)22(29)17-11-20-21(23-12-17)28(14-24-20)18-7-5-6-8-18/h11-12,14,18H,5-10,13H2,1-4H3. The van der Waals surface area contributed by atoms with E-state index in [1.54, 1.807) is 18.2 Å². The molecular weight excluding hydrogens is 380 g/mol. The molecular formula is C22H30N6O2. The van der Waals surface area contributed by atoms with Crippen LogP contribution in [0.5, 0.6) is 0 Å². The van der Waals surface area contributed by atoms with Gasteiger partial charge in [0.15, 0.2) is 5.65 Å². The van der Waals surface area contributed by atoms with Crippen molar-refractivity contribution in [2.45, 2.75) is 52.1 Å². The summed E-state index contributed by atoms with van der Waals surface area (Å²) in [5.74, 6) is -0.0699. The Morgan fingerprint density at radius 3 is 2.70 bits per heavy atom.